The third-order valence-electron chi connectivity index (χ3n) is 5.62. The first-order chi connectivity index (χ1) is 15.6. The predicted molar refractivity (Wildman–Crippen MR) is 129 cm³/mol. The quantitative estimate of drug-likeness (QED) is 0.529. The molecule has 32 heavy (non-hydrogen) atoms. The fourth-order valence-electron chi connectivity index (χ4n) is 3.98. The molecule has 0 spiro atoms. The van der Waals surface area contributed by atoms with Crippen molar-refractivity contribution in [1.82, 2.24) is 4.98 Å². The Balaban J connectivity index is 1.53. The van der Waals surface area contributed by atoms with Crippen LogP contribution >= 0.6 is 0 Å². The van der Waals surface area contributed by atoms with Crippen LogP contribution in [0.15, 0.2) is 60.7 Å². The summed E-state index contributed by atoms with van der Waals surface area (Å²) in [5.74, 6) is 2.36. The highest BCUT2D eigenvalue weighted by atomic mass is 16.5. The molecule has 0 amide bonds. The van der Waals surface area contributed by atoms with E-state index in [1.807, 2.05) is 44.2 Å². The summed E-state index contributed by atoms with van der Waals surface area (Å²) in [6, 6.07) is 20.5. The Bertz CT molecular complexity index is 1010. The van der Waals surface area contributed by atoms with Crippen molar-refractivity contribution in [3.8, 4) is 28.6 Å². The number of anilines is 2. The van der Waals surface area contributed by atoms with Crippen LogP contribution in [0, 0.1) is 0 Å². The minimum Gasteiger partial charge on any atom is -0.497 e. The number of hydrogen-bond donors (Lipinski definition) is 0. The Morgan fingerprint density at radius 3 is 1.94 bits per heavy atom. The van der Waals surface area contributed by atoms with E-state index in [0.29, 0.717) is 5.88 Å². The highest BCUT2D eigenvalue weighted by molar-refractivity contribution is 5.76. The molecule has 2 aromatic carbocycles. The van der Waals surface area contributed by atoms with Crippen LogP contribution in [0.3, 0.4) is 0 Å². The first-order valence-electron chi connectivity index (χ1n) is 11.0. The van der Waals surface area contributed by atoms with Crippen LogP contribution < -0.4 is 24.0 Å². The first-order valence-corrected chi connectivity index (χ1v) is 11.0. The predicted octanol–water partition coefficient (Wildman–Crippen LogP) is 4.88. The minimum atomic E-state index is 0.147. The van der Waals surface area contributed by atoms with Crippen molar-refractivity contribution >= 4 is 11.4 Å². The third-order valence-corrected chi connectivity index (χ3v) is 5.62. The maximum absolute atomic E-state index is 5.80. The van der Waals surface area contributed by atoms with Crippen LogP contribution in [0.2, 0.25) is 0 Å². The molecule has 0 aliphatic carbocycles. The molecule has 0 atom stereocenters. The van der Waals surface area contributed by atoms with Gasteiger partial charge in [-0.05, 0) is 68.4 Å². The molecule has 0 saturated carbocycles. The molecule has 0 N–H and O–H groups in total. The Hall–Kier alpha value is -3.41. The van der Waals surface area contributed by atoms with E-state index in [9.17, 15) is 0 Å². The molecule has 1 aliphatic heterocycles. The third kappa shape index (κ3) is 4.90. The summed E-state index contributed by atoms with van der Waals surface area (Å²) >= 11 is 0. The van der Waals surface area contributed by atoms with Gasteiger partial charge in [-0.15, -0.1) is 0 Å². The monoisotopic (exact) mass is 433 g/mol. The van der Waals surface area contributed by atoms with E-state index in [-0.39, 0.29) is 6.10 Å². The molecular formula is C26H31N3O3. The average molecular weight is 434 g/mol. The minimum absolute atomic E-state index is 0.147. The van der Waals surface area contributed by atoms with Gasteiger partial charge < -0.3 is 24.0 Å². The van der Waals surface area contributed by atoms with Gasteiger partial charge in [0.25, 0.3) is 0 Å². The Morgan fingerprint density at radius 2 is 1.34 bits per heavy atom. The second kappa shape index (κ2) is 9.81. The van der Waals surface area contributed by atoms with E-state index in [0.717, 1.165) is 54.6 Å². The summed E-state index contributed by atoms with van der Waals surface area (Å²) in [6.07, 6.45) is 0.147. The number of piperazine rings is 1. The van der Waals surface area contributed by atoms with Crippen molar-refractivity contribution in [2.45, 2.75) is 20.0 Å². The smallest absolute Gasteiger partial charge is 0.213 e. The number of hydrogen-bond acceptors (Lipinski definition) is 6. The number of rotatable bonds is 7. The molecule has 0 unspecified atom stereocenters. The highest BCUT2D eigenvalue weighted by Gasteiger charge is 2.21. The lowest BCUT2D eigenvalue weighted by molar-refractivity contribution is 0.242. The van der Waals surface area contributed by atoms with Gasteiger partial charge >= 0.3 is 0 Å². The van der Waals surface area contributed by atoms with Gasteiger partial charge in [-0.2, -0.15) is 0 Å². The maximum Gasteiger partial charge on any atom is 0.213 e. The topological polar surface area (TPSA) is 47.1 Å². The van der Waals surface area contributed by atoms with Crippen molar-refractivity contribution in [3.05, 3.63) is 60.7 Å². The molecule has 3 aromatic rings. The van der Waals surface area contributed by atoms with Gasteiger partial charge in [0.15, 0.2) is 0 Å². The second-order valence-electron chi connectivity index (χ2n) is 8.08. The zero-order valence-corrected chi connectivity index (χ0v) is 19.2. The Morgan fingerprint density at radius 1 is 0.719 bits per heavy atom. The Labute approximate surface area is 190 Å². The van der Waals surface area contributed by atoms with Crippen LogP contribution in [0.5, 0.6) is 17.4 Å². The largest absolute Gasteiger partial charge is 0.497 e. The number of aromatic nitrogens is 1. The molecule has 1 aliphatic rings. The van der Waals surface area contributed by atoms with Crippen molar-refractivity contribution in [1.29, 1.82) is 0 Å². The van der Waals surface area contributed by atoms with Crippen molar-refractivity contribution in [2.24, 2.45) is 0 Å². The summed E-state index contributed by atoms with van der Waals surface area (Å²) in [7, 11) is 3.35. The van der Waals surface area contributed by atoms with E-state index in [1.54, 1.807) is 14.2 Å². The molecule has 1 fully saturated rings. The van der Waals surface area contributed by atoms with Crippen LogP contribution in [0.1, 0.15) is 13.8 Å². The number of methoxy groups -OCH3 is 2. The van der Waals surface area contributed by atoms with Crippen LogP contribution in [-0.2, 0) is 0 Å². The van der Waals surface area contributed by atoms with Crippen LogP contribution in [0.25, 0.3) is 11.3 Å². The molecule has 4 rings (SSSR count). The van der Waals surface area contributed by atoms with E-state index in [1.165, 1.54) is 5.69 Å². The van der Waals surface area contributed by atoms with Crippen molar-refractivity contribution in [2.75, 3.05) is 50.2 Å². The lowest BCUT2D eigenvalue weighted by atomic mass is 10.1. The average Bonchev–Trinajstić information content (AvgIpc) is 2.84. The van der Waals surface area contributed by atoms with Gasteiger partial charge in [-0.3, -0.25) is 0 Å². The van der Waals surface area contributed by atoms with E-state index >= 15 is 0 Å². The highest BCUT2D eigenvalue weighted by Crippen LogP contribution is 2.33. The number of pyridine rings is 1. The molecule has 6 nitrogen and oxygen atoms in total. The first kappa shape index (κ1) is 21.8. The van der Waals surface area contributed by atoms with Gasteiger partial charge in [0.2, 0.25) is 5.88 Å². The van der Waals surface area contributed by atoms with Gasteiger partial charge in [0.1, 0.15) is 11.5 Å². The Kier molecular flexibility index (Phi) is 6.69. The summed E-state index contributed by atoms with van der Waals surface area (Å²) < 4.78 is 16.5. The molecular weight excluding hydrogens is 402 g/mol. The SMILES string of the molecule is COc1ccc(N2CCN(c3ccc(OC)nc3-c3ccc(OC(C)C)cc3)CC2)cc1. The number of nitrogens with zero attached hydrogens (tertiary/aromatic N) is 3. The lowest BCUT2D eigenvalue weighted by Crippen LogP contribution is -2.46. The fraction of sp³-hybridized carbons (Fsp3) is 0.346. The summed E-state index contributed by atoms with van der Waals surface area (Å²) in [4.78, 5) is 9.60. The molecule has 168 valence electrons. The molecule has 1 saturated heterocycles. The molecule has 1 aromatic heterocycles. The van der Waals surface area contributed by atoms with E-state index in [2.05, 4.69) is 40.1 Å². The number of benzene rings is 2. The molecule has 2 heterocycles. The maximum atomic E-state index is 5.80. The zero-order chi connectivity index (χ0) is 22.5. The summed E-state index contributed by atoms with van der Waals surface area (Å²) in [5, 5.41) is 0. The van der Waals surface area contributed by atoms with E-state index < -0.39 is 0 Å². The van der Waals surface area contributed by atoms with Gasteiger partial charge in [0.05, 0.1) is 31.7 Å². The van der Waals surface area contributed by atoms with E-state index in [4.69, 9.17) is 19.2 Å². The van der Waals surface area contributed by atoms with Gasteiger partial charge in [-0.25, -0.2) is 4.98 Å². The summed E-state index contributed by atoms with van der Waals surface area (Å²) in [6.45, 7) is 7.78. The number of ether oxygens (including phenoxy) is 3. The van der Waals surface area contributed by atoms with Crippen LogP contribution in [-0.4, -0.2) is 51.5 Å². The van der Waals surface area contributed by atoms with Crippen molar-refractivity contribution < 1.29 is 14.2 Å². The molecule has 6 heteroatoms. The van der Waals surface area contributed by atoms with Gasteiger partial charge in [-0.1, -0.05) is 0 Å². The van der Waals surface area contributed by atoms with Crippen molar-refractivity contribution in [3.63, 3.8) is 0 Å². The normalized spacial score (nSPS) is 13.9. The standard InChI is InChI=1S/C26H31N3O3/c1-19(2)32-23-9-5-20(6-10-23)26-24(13-14-25(27-26)31-4)29-17-15-28(16-18-29)21-7-11-22(30-3)12-8-21/h5-14,19H,15-18H2,1-4H3. The van der Waals surface area contributed by atoms with Gasteiger partial charge in [0, 0.05) is 43.5 Å². The summed E-state index contributed by atoms with van der Waals surface area (Å²) in [5.41, 5.74) is 4.32. The fourth-order valence-corrected chi connectivity index (χ4v) is 3.98. The van der Waals surface area contributed by atoms with Crippen LogP contribution in [0.4, 0.5) is 11.4 Å². The second-order valence-corrected chi connectivity index (χ2v) is 8.08. The molecule has 0 radical (unpaired) electrons. The zero-order valence-electron chi connectivity index (χ0n) is 19.2. The lowest BCUT2D eigenvalue weighted by Gasteiger charge is -2.38. The molecule has 0 bridgehead atoms.